The predicted molar refractivity (Wildman–Crippen MR) is 110 cm³/mol. The van der Waals surface area contributed by atoms with Gasteiger partial charge < -0.3 is 15.4 Å². The third-order valence-corrected chi connectivity index (χ3v) is 6.92. The van der Waals surface area contributed by atoms with Crippen molar-refractivity contribution >= 4 is 23.5 Å². The number of fused-ring (bicyclic) bond motifs is 1. The van der Waals surface area contributed by atoms with Crippen molar-refractivity contribution in [3.05, 3.63) is 41.1 Å². The number of rotatable bonds is 5. The molecule has 7 heteroatoms. The predicted octanol–water partition coefficient (Wildman–Crippen LogP) is 2.48. The Bertz CT molecular complexity index is 793. The van der Waals surface area contributed by atoms with Crippen LogP contribution in [-0.2, 0) is 9.59 Å². The van der Waals surface area contributed by atoms with Gasteiger partial charge in [0.1, 0.15) is 11.2 Å². The van der Waals surface area contributed by atoms with Gasteiger partial charge in [0.05, 0.1) is 19.2 Å². The first kappa shape index (κ1) is 19.3. The van der Waals surface area contributed by atoms with Crippen LogP contribution in [0.3, 0.4) is 0 Å². The number of nitrogens with one attached hydrogen (secondary N) is 3. The molecule has 1 aromatic carbocycles. The molecule has 0 radical (unpaired) electrons. The van der Waals surface area contributed by atoms with E-state index in [0.29, 0.717) is 6.42 Å². The topological polar surface area (TPSA) is 79.5 Å². The van der Waals surface area contributed by atoms with Crippen LogP contribution in [0, 0.1) is 5.92 Å². The van der Waals surface area contributed by atoms with Crippen molar-refractivity contribution < 1.29 is 14.3 Å². The fourth-order valence-electron chi connectivity index (χ4n) is 4.41. The quantitative estimate of drug-likeness (QED) is 0.704. The molecule has 4 unspecified atom stereocenters. The van der Waals surface area contributed by atoms with Crippen LogP contribution in [0.15, 0.2) is 35.5 Å². The summed E-state index contributed by atoms with van der Waals surface area (Å²) in [4.78, 5) is 26.0. The maximum Gasteiger partial charge on any atom is 0.229 e. The molecule has 1 saturated heterocycles. The Morgan fingerprint density at radius 1 is 1.14 bits per heavy atom. The van der Waals surface area contributed by atoms with Gasteiger partial charge in [-0.05, 0) is 42.7 Å². The number of Topliss-reactive ketones (excluding diaryl/α,β-unsaturated/α-hetero) is 1. The molecule has 0 spiro atoms. The van der Waals surface area contributed by atoms with E-state index in [1.165, 1.54) is 0 Å². The molecule has 3 aliphatic rings. The minimum atomic E-state index is -0.368. The number of amides is 1. The average molecular weight is 402 g/mol. The third-order valence-electron chi connectivity index (χ3n) is 5.69. The van der Waals surface area contributed by atoms with Crippen molar-refractivity contribution in [3.8, 4) is 5.75 Å². The molecule has 2 heterocycles. The number of methoxy groups -OCH3 is 1. The van der Waals surface area contributed by atoms with Gasteiger partial charge in [0.25, 0.3) is 0 Å². The highest BCUT2D eigenvalue weighted by Crippen LogP contribution is 2.44. The van der Waals surface area contributed by atoms with Crippen molar-refractivity contribution in [3.63, 3.8) is 0 Å². The maximum absolute atomic E-state index is 13.1. The molecule has 4 atom stereocenters. The number of carbonyl (C=O) groups excluding carboxylic acids is 2. The molecule has 1 fully saturated rings. The number of allylic oxidation sites excluding steroid dienone is 2. The Kier molecular flexibility index (Phi) is 5.64. The van der Waals surface area contributed by atoms with Gasteiger partial charge >= 0.3 is 0 Å². The van der Waals surface area contributed by atoms with Gasteiger partial charge in [-0.25, -0.2) is 0 Å². The summed E-state index contributed by atoms with van der Waals surface area (Å²) in [6, 6.07) is 7.75. The SMILES string of the molecule is CCCSC1NC(=O)C2C(NC3=C(C(=O)CCC3)C2c2ccc(OC)cc2)N1. The van der Waals surface area contributed by atoms with Crippen LogP contribution >= 0.6 is 11.8 Å². The zero-order valence-corrected chi connectivity index (χ0v) is 17.1. The highest BCUT2D eigenvalue weighted by Gasteiger charge is 2.48. The molecule has 150 valence electrons. The monoisotopic (exact) mass is 401 g/mol. The molecule has 1 amide bonds. The van der Waals surface area contributed by atoms with E-state index in [9.17, 15) is 9.59 Å². The molecule has 1 aliphatic carbocycles. The van der Waals surface area contributed by atoms with Crippen molar-refractivity contribution in [2.45, 2.75) is 50.2 Å². The molecular weight excluding hydrogens is 374 g/mol. The number of ether oxygens (including phenoxy) is 1. The van der Waals surface area contributed by atoms with E-state index < -0.39 is 0 Å². The van der Waals surface area contributed by atoms with Gasteiger partial charge in [0.15, 0.2) is 5.78 Å². The summed E-state index contributed by atoms with van der Waals surface area (Å²) >= 11 is 1.71. The van der Waals surface area contributed by atoms with Crippen LogP contribution in [0.25, 0.3) is 0 Å². The number of carbonyl (C=O) groups is 2. The lowest BCUT2D eigenvalue weighted by Crippen LogP contribution is -2.67. The highest BCUT2D eigenvalue weighted by atomic mass is 32.2. The second kappa shape index (κ2) is 8.17. The van der Waals surface area contributed by atoms with E-state index in [-0.39, 0.29) is 35.2 Å². The molecule has 0 aromatic heterocycles. The van der Waals surface area contributed by atoms with Crippen LogP contribution in [0.2, 0.25) is 0 Å². The zero-order valence-electron chi connectivity index (χ0n) is 16.3. The lowest BCUT2D eigenvalue weighted by Gasteiger charge is -2.47. The normalized spacial score (nSPS) is 29.5. The number of thioether (sulfide) groups is 1. The largest absolute Gasteiger partial charge is 0.497 e. The molecule has 0 bridgehead atoms. The van der Waals surface area contributed by atoms with Gasteiger partial charge in [0.2, 0.25) is 5.91 Å². The van der Waals surface area contributed by atoms with Crippen molar-refractivity contribution in [2.24, 2.45) is 5.92 Å². The van der Waals surface area contributed by atoms with E-state index in [0.717, 1.165) is 47.6 Å². The highest BCUT2D eigenvalue weighted by molar-refractivity contribution is 7.99. The Morgan fingerprint density at radius 2 is 1.93 bits per heavy atom. The van der Waals surface area contributed by atoms with E-state index in [2.05, 4.69) is 22.9 Å². The number of hydrogen-bond acceptors (Lipinski definition) is 6. The molecular formula is C21H27N3O3S. The van der Waals surface area contributed by atoms with Gasteiger partial charge in [0, 0.05) is 23.6 Å². The number of hydrogen-bond donors (Lipinski definition) is 3. The van der Waals surface area contributed by atoms with Crippen LogP contribution in [-0.4, -0.2) is 36.2 Å². The molecule has 3 N–H and O–H groups in total. The summed E-state index contributed by atoms with van der Waals surface area (Å²) in [5, 5.41) is 10.1. The zero-order chi connectivity index (χ0) is 19.7. The molecule has 1 aromatic rings. The smallest absolute Gasteiger partial charge is 0.229 e. The van der Waals surface area contributed by atoms with E-state index in [1.54, 1.807) is 18.9 Å². The van der Waals surface area contributed by atoms with Crippen molar-refractivity contribution in [1.82, 2.24) is 16.0 Å². The fraction of sp³-hybridized carbons (Fsp3) is 0.524. The van der Waals surface area contributed by atoms with Crippen molar-refractivity contribution in [1.29, 1.82) is 0 Å². The van der Waals surface area contributed by atoms with Gasteiger partial charge in [-0.1, -0.05) is 19.1 Å². The second-order valence-electron chi connectivity index (χ2n) is 7.49. The summed E-state index contributed by atoms with van der Waals surface area (Å²) in [5.74, 6) is 1.28. The Hall–Kier alpha value is -1.99. The summed E-state index contributed by atoms with van der Waals surface area (Å²) in [5.41, 5.74) is 2.66. The van der Waals surface area contributed by atoms with Gasteiger partial charge in [-0.15, -0.1) is 11.8 Å². The van der Waals surface area contributed by atoms with E-state index >= 15 is 0 Å². The molecule has 2 aliphatic heterocycles. The van der Waals surface area contributed by atoms with Crippen LogP contribution < -0.4 is 20.7 Å². The van der Waals surface area contributed by atoms with Crippen LogP contribution in [0.1, 0.15) is 44.1 Å². The molecule has 0 saturated carbocycles. The third kappa shape index (κ3) is 3.53. The van der Waals surface area contributed by atoms with Crippen LogP contribution in [0.5, 0.6) is 5.75 Å². The number of benzene rings is 1. The summed E-state index contributed by atoms with van der Waals surface area (Å²) in [6.07, 6.45) is 3.14. The lowest BCUT2D eigenvalue weighted by molar-refractivity contribution is -0.130. The minimum Gasteiger partial charge on any atom is -0.497 e. The first-order valence-electron chi connectivity index (χ1n) is 9.97. The minimum absolute atomic E-state index is 0.00408. The summed E-state index contributed by atoms with van der Waals surface area (Å²) in [7, 11) is 1.63. The summed E-state index contributed by atoms with van der Waals surface area (Å²) < 4.78 is 5.28. The van der Waals surface area contributed by atoms with Crippen LogP contribution in [0.4, 0.5) is 0 Å². The van der Waals surface area contributed by atoms with Crippen molar-refractivity contribution in [2.75, 3.05) is 12.9 Å². The number of ketones is 1. The van der Waals surface area contributed by atoms with Gasteiger partial charge in [-0.2, -0.15) is 0 Å². The Balaban J connectivity index is 1.72. The lowest BCUT2D eigenvalue weighted by atomic mass is 9.70. The first-order valence-corrected chi connectivity index (χ1v) is 11.0. The van der Waals surface area contributed by atoms with E-state index in [4.69, 9.17) is 4.74 Å². The Labute approximate surface area is 169 Å². The van der Waals surface area contributed by atoms with Gasteiger partial charge in [-0.3, -0.25) is 14.9 Å². The fourth-order valence-corrected chi connectivity index (χ4v) is 5.33. The van der Waals surface area contributed by atoms with E-state index in [1.807, 2.05) is 24.3 Å². The molecule has 6 nitrogen and oxygen atoms in total. The first-order chi connectivity index (χ1) is 13.6. The molecule has 28 heavy (non-hydrogen) atoms. The summed E-state index contributed by atoms with van der Waals surface area (Å²) in [6.45, 7) is 2.13. The second-order valence-corrected chi connectivity index (χ2v) is 8.71. The molecule has 4 rings (SSSR count). The Morgan fingerprint density at radius 3 is 2.64 bits per heavy atom. The standard InChI is InChI=1S/C21H27N3O3S/c1-3-11-28-21-23-19-18(20(26)24-21)16(12-7-9-13(27-2)10-8-12)17-14(22-19)5-4-6-15(17)25/h7-10,16,18-19,21-23H,3-6,11H2,1-2H3,(H,24,26). The maximum atomic E-state index is 13.1. The average Bonchev–Trinajstić information content (AvgIpc) is 2.71.